The number of hydrogen-bond donors (Lipinski definition) is 3. The normalized spacial score (nSPS) is 11.4. The Morgan fingerprint density at radius 2 is 2.10 bits per heavy atom. The number of nitrogen functional groups attached to an aromatic ring is 1. The number of para-hydroxylation sites is 1. The number of nitrogens with one attached hydrogen (secondary N) is 1. The predicted molar refractivity (Wildman–Crippen MR) is 91.6 cm³/mol. The number of thiol groups is 1. The molecule has 0 heterocycles. The number of carbonyl (C=O) groups is 1. The maximum absolute atomic E-state index is 11.7. The van der Waals surface area contributed by atoms with Crippen molar-refractivity contribution in [1.82, 2.24) is 5.32 Å². The number of thioether (sulfide) groups is 1. The summed E-state index contributed by atoms with van der Waals surface area (Å²) < 4.78 is 0.210. The summed E-state index contributed by atoms with van der Waals surface area (Å²) in [4.78, 5) is 12.5. The molecule has 0 aromatic heterocycles. The largest absolute Gasteiger partial charge is 0.398 e. The highest BCUT2D eigenvalue weighted by atomic mass is 32.2. The van der Waals surface area contributed by atoms with Gasteiger partial charge in [0.05, 0.1) is 0 Å². The molecule has 0 saturated heterocycles. The highest BCUT2D eigenvalue weighted by Gasteiger charge is 2.11. The van der Waals surface area contributed by atoms with Gasteiger partial charge in [-0.15, -0.1) is 12.6 Å². The van der Waals surface area contributed by atoms with Crippen LogP contribution in [0.25, 0.3) is 0 Å². The first-order chi connectivity index (χ1) is 9.29. The number of hydrogen-bond acceptors (Lipinski definition) is 4. The van der Waals surface area contributed by atoms with Gasteiger partial charge in [0.15, 0.2) is 0 Å². The van der Waals surface area contributed by atoms with Crippen LogP contribution in [-0.2, 0) is 11.2 Å². The van der Waals surface area contributed by atoms with Crippen LogP contribution in [0.5, 0.6) is 0 Å². The maximum atomic E-state index is 11.7. The molecule has 0 aliphatic heterocycles. The van der Waals surface area contributed by atoms with E-state index in [1.807, 2.05) is 18.2 Å². The minimum Gasteiger partial charge on any atom is -0.398 e. The molecule has 1 aromatic rings. The van der Waals surface area contributed by atoms with Crippen molar-refractivity contribution in [3.63, 3.8) is 0 Å². The summed E-state index contributed by atoms with van der Waals surface area (Å²) in [7, 11) is 0. The van der Waals surface area contributed by atoms with Crippen molar-refractivity contribution in [2.75, 3.05) is 18.0 Å². The minimum atomic E-state index is 0.0994. The van der Waals surface area contributed by atoms with Crippen molar-refractivity contribution in [1.29, 1.82) is 0 Å². The van der Waals surface area contributed by atoms with Crippen molar-refractivity contribution in [3.8, 4) is 0 Å². The first kappa shape index (κ1) is 17.2. The van der Waals surface area contributed by atoms with E-state index in [9.17, 15) is 4.79 Å². The molecule has 0 atom stereocenters. The second-order valence-corrected chi connectivity index (χ2v) is 8.06. The molecule has 1 rings (SSSR count). The van der Waals surface area contributed by atoms with Gasteiger partial charge in [-0.25, -0.2) is 0 Å². The smallest absolute Gasteiger partial charge is 0.220 e. The number of rotatable bonds is 6. The van der Waals surface area contributed by atoms with E-state index in [0.717, 1.165) is 22.6 Å². The van der Waals surface area contributed by atoms with Gasteiger partial charge in [-0.1, -0.05) is 32.9 Å². The Kier molecular flexibility index (Phi) is 6.76. The number of benzene rings is 1. The molecule has 0 radical (unpaired) electrons. The standard InChI is InChI=1S/C15H24N2OS2/c1-15(2,3)20-10-8-13(18)17-9-7-11-5-4-6-12(19)14(11)16/h4-6,19H,7-10,16H2,1-3H3,(H,17,18). The third kappa shape index (κ3) is 6.57. The van der Waals surface area contributed by atoms with Crippen molar-refractivity contribution >= 4 is 36.0 Å². The van der Waals surface area contributed by atoms with Crippen LogP contribution in [0.4, 0.5) is 5.69 Å². The first-order valence-corrected chi connectivity index (χ1v) is 8.20. The fourth-order valence-electron chi connectivity index (χ4n) is 1.69. The minimum absolute atomic E-state index is 0.0994. The van der Waals surface area contributed by atoms with E-state index < -0.39 is 0 Å². The van der Waals surface area contributed by atoms with E-state index in [0.29, 0.717) is 18.7 Å². The number of carbonyl (C=O) groups excluding carboxylic acids is 1. The predicted octanol–water partition coefficient (Wildman–Crippen LogP) is 3.14. The van der Waals surface area contributed by atoms with Gasteiger partial charge < -0.3 is 11.1 Å². The van der Waals surface area contributed by atoms with E-state index in [4.69, 9.17) is 5.73 Å². The lowest BCUT2D eigenvalue weighted by molar-refractivity contribution is -0.120. The molecule has 0 unspecified atom stereocenters. The summed E-state index contributed by atoms with van der Waals surface area (Å²) in [6, 6.07) is 5.76. The average molecular weight is 313 g/mol. The zero-order valence-corrected chi connectivity index (χ0v) is 14.1. The third-order valence-electron chi connectivity index (χ3n) is 2.75. The number of anilines is 1. The third-order valence-corrected chi connectivity index (χ3v) is 4.42. The summed E-state index contributed by atoms with van der Waals surface area (Å²) >= 11 is 6.09. The fraction of sp³-hybridized carbons (Fsp3) is 0.533. The number of amides is 1. The van der Waals surface area contributed by atoms with Crippen LogP contribution in [-0.4, -0.2) is 23.0 Å². The summed E-state index contributed by atoms with van der Waals surface area (Å²) in [6.07, 6.45) is 1.29. The highest BCUT2D eigenvalue weighted by molar-refractivity contribution is 8.00. The van der Waals surface area contributed by atoms with E-state index in [-0.39, 0.29) is 10.7 Å². The molecule has 5 heteroatoms. The molecule has 3 nitrogen and oxygen atoms in total. The van der Waals surface area contributed by atoms with Crippen LogP contribution in [0.2, 0.25) is 0 Å². The lowest BCUT2D eigenvalue weighted by Crippen LogP contribution is -2.26. The molecule has 0 saturated carbocycles. The quantitative estimate of drug-likeness (QED) is 0.559. The summed E-state index contributed by atoms with van der Waals surface area (Å²) in [5, 5.41) is 2.93. The Bertz CT molecular complexity index is 456. The van der Waals surface area contributed by atoms with Crippen LogP contribution in [0.1, 0.15) is 32.8 Å². The second-order valence-electron chi connectivity index (χ2n) is 5.66. The molecule has 0 bridgehead atoms. The van der Waals surface area contributed by atoms with E-state index in [1.54, 1.807) is 11.8 Å². The molecule has 0 aliphatic carbocycles. The number of nitrogens with two attached hydrogens (primary N) is 1. The van der Waals surface area contributed by atoms with Gasteiger partial charge in [0.1, 0.15) is 0 Å². The van der Waals surface area contributed by atoms with Crippen LogP contribution in [0.15, 0.2) is 23.1 Å². The molecule has 1 amide bonds. The van der Waals surface area contributed by atoms with Crippen molar-refractivity contribution < 1.29 is 4.79 Å². The van der Waals surface area contributed by atoms with Crippen molar-refractivity contribution in [2.45, 2.75) is 43.3 Å². The van der Waals surface area contributed by atoms with E-state index >= 15 is 0 Å². The highest BCUT2D eigenvalue weighted by Crippen LogP contribution is 2.23. The maximum Gasteiger partial charge on any atom is 0.220 e. The van der Waals surface area contributed by atoms with Gasteiger partial charge in [-0.3, -0.25) is 4.79 Å². The fourth-order valence-corrected chi connectivity index (χ4v) is 2.82. The average Bonchev–Trinajstić information content (AvgIpc) is 2.33. The summed E-state index contributed by atoms with van der Waals surface area (Å²) in [5.74, 6) is 0.950. The van der Waals surface area contributed by atoms with Gasteiger partial charge >= 0.3 is 0 Å². The molecule has 0 spiro atoms. The van der Waals surface area contributed by atoms with Gasteiger partial charge in [0.2, 0.25) is 5.91 Å². The van der Waals surface area contributed by atoms with Crippen LogP contribution < -0.4 is 11.1 Å². The topological polar surface area (TPSA) is 55.1 Å². The second kappa shape index (κ2) is 7.84. The molecule has 3 N–H and O–H groups in total. The van der Waals surface area contributed by atoms with E-state index in [1.165, 1.54) is 0 Å². The van der Waals surface area contributed by atoms with Crippen LogP contribution >= 0.6 is 24.4 Å². The monoisotopic (exact) mass is 312 g/mol. The molecular weight excluding hydrogens is 288 g/mol. The summed E-state index contributed by atoms with van der Waals surface area (Å²) in [5.41, 5.74) is 7.67. The van der Waals surface area contributed by atoms with E-state index in [2.05, 4.69) is 38.7 Å². The molecular formula is C15H24N2OS2. The Morgan fingerprint density at radius 3 is 2.75 bits per heavy atom. The van der Waals surface area contributed by atoms with Gasteiger partial charge in [-0.05, 0) is 18.1 Å². The summed E-state index contributed by atoms with van der Waals surface area (Å²) in [6.45, 7) is 7.08. The Balaban J connectivity index is 2.27. The first-order valence-electron chi connectivity index (χ1n) is 6.76. The molecule has 0 fully saturated rings. The van der Waals surface area contributed by atoms with Gasteiger partial charge in [0.25, 0.3) is 0 Å². The lowest BCUT2D eigenvalue weighted by Gasteiger charge is -2.17. The molecule has 1 aromatic carbocycles. The van der Waals surface area contributed by atoms with Crippen LogP contribution in [0.3, 0.4) is 0 Å². The molecule has 112 valence electrons. The van der Waals surface area contributed by atoms with Crippen LogP contribution in [0, 0.1) is 0 Å². The van der Waals surface area contributed by atoms with Crippen molar-refractivity contribution in [2.24, 2.45) is 0 Å². The zero-order valence-electron chi connectivity index (χ0n) is 12.4. The lowest BCUT2D eigenvalue weighted by atomic mass is 10.1. The Hall–Kier alpha value is -0.810. The Labute approximate surface area is 131 Å². The van der Waals surface area contributed by atoms with Gasteiger partial charge in [-0.2, -0.15) is 11.8 Å². The SMILES string of the molecule is CC(C)(C)SCCC(=O)NCCc1cccc(S)c1N. The Morgan fingerprint density at radius 1 is 1.40 bits per heavy atom. The van der Waals surface area contributed by atoms with Crippen molar-refractivity contribution in [3.05, 3.63) is 23.8 Å². The van der Waals surface area contributed by atoms with Gasteiger partial charge in [0, 0.05) is 34.0 Å². The molecule has 0 aliphatic rings. The zero-order chi connectivity index (χ0) is 15.2. The molecule has 20 heavy (non-hydrogen) atoms.